The molecule has 0 aliphatic heterocycles. The Morgan fingerprint density at radius 3 is 2.47 bits per heavy atom. The van der Waals surface area contributed by atoms with Gasteiger partial charge in [0.1, 0.15) is 16.9 Å². The number of rotatable bonds is 3. The zero-order valence-corrected chi connectivity index (χ0v) is 11.2. The van der Waals surface area contributed by atoms with Crippen LogP contribution in [0.1, 0.15) is 40.5 Å². The standard InChI is InChI=1S/C15H17ClO/c1-4-13-7-8-14(17-13)15(16)12-6-5-10(2)11(3)9-12/h5-9,15H,4H2,1-3H3. The molecule has 0 saturated heterocycles. The van der Waals surface area contributed by atoms with E-state index < -0.39 is 0 Å². The summed E-state index contributed by atoms with van der Waals surface area (Å²) in [6.07, 6.45) is 0.899. The number of aryl methyl sites for hydroxylation is 3. The van der Waals surface area contributed by atoms with Crippen LogP contribution in [0.15, 0.2) is 34.7 Å². The number of hydrogen-bond donors (Lipinski definition) is 0. The van der Waals surface area contributed by atoms with E-state index in [0.717, 1.165) is 23.5 Å². The van der Waals surface area contributed by atoms with Gasteiger partial charge in [0.2, 0.25) is 0 Å². The summed E-state index contributed by atoms with van der Waals surface area (Å²) in [7, 11) is 0. The van der Waals surface area contributed by atoms with Gasteiger partial charge in [-0.1, -0.05) is 25.1 Å². The van der Waals surface area contributed by atoms with E-state index in [1.165, 1.54) is 11.1 Å². The van der Waals surface area contributed by atoms with Crippen molar-refractivity contribution in [3.63, 3.8) is 0 Å². The highest BCUT2D eigenvalue weighted by atomic mass is 35.5. The van der Waals surface area contributed by atoms with Gasteiger partial charge in [0, 0.05) is 6.42 Å². The molecule has 1 atom stereocenters. The highest BCUT2D eigenvalue weighted by Gasteiger charge is 2.15. The SMILES string of the molecule is CCc1ccc(C(Cl)c2ccc(C)c(C)c2)o1. The first kappa shape index (κ1) is 12.3. The van der Waals surface area contributed by atoms with Crippen LogP contribution in [-0.2, 0) is 6.42 Å². The molecule has 0 radical (unpaired) electrons. The van der Waals surface area contributed by atoms with Gasteiger partial charge in [0.25, 0.3) is 0 Å². The lowest BCUT2D eigenvalue weighted by Gasteiger charge is -2.09. The Kier molecular flexibility index (Phi) is 3.58. The lowest BCUT2D eigenvalue weighted by Crippen LogP contribution is -1.93. The van der Waals surface area contributed by atoms with Crippen molar-refractivity contribution in [2.75, 3.05) is 0 Å². The summed E-state index contributed by atoms with van der Waals surface area (Å²) < 4.78 is 5.69. The van der Waals surface area contributed by atoms with Crippen LogP contribution in [-0.4, -0.2) is 0 Å². The van der Waals surface area contributed by atoms with Crippen molar-refractivity contribution in [2.45, 2.75) is 32.6 Å². The molecule has 1 nitrogen and oxygen atoms in total. The molecule has 1 unspecified atom stereocenters. The van der Waals surface area contributed by atoms with Crippen molar-refractivity contribution in [3.8, 4) is 0 Å². The second-order valence-electron chi connectivity index (χ2n) is 4.36. The van der Waals surface area contributed by atoms with Crippen LogP contribution in [0.3, 0.4) is 0 Å². The summed E-state index contributed by atoms with van der Waals surface area (Å²) in [5.41, 5.74) is 3.63. The Hall–Kier alpha value is -1.21. The average molecular weight is 249 g/mol. The van der Waals surface area contributed by atoms with Crippen molar-refractivity contribution in [1.82, 2.24) is 0 Å². The number of furan rings is 1. The normalized spacial score (nSPS) is 12.7. The third kappa shape index (κ3) is 2.55. The Morgan fingerprint density at radius 2 is 1.88 bits per heavy atom. The monoisotopic (exact) mass is 248 g/mol. The second kappa shape index (κ2) is 4.97. The summed E-state index contributed by atoms with van der Waals surface area (Å²) in [5.74, 6) is 1.81. The second-order valence-corrected chi connectivity index (χ2v) is 4.80. The van der Waals surface area contributed by atoms with Crippen molar-refractivity contribution < 1.29 is 4.42 Å². The van der Waals surface area contributed by atoms with Crippen LogP contribution in [0.2, 0.25) is 0 Å². The Bertz CT molecular complexity index is 513. The molecular weight excluding hydrogens is 232 g/mol. The van der Waals surface area contributed by atoms with E-state index in [1.807, 2.05) is 12.1 Å². The van der Waals surface area contributed by atoms with E-state index in [2.05, 4.69) is 39.0 Å². The van der Waals surface area contributed by atoms with E-state index >= 15 is 0 Å². The zero-order valence-electron chi connectivity index (χ0n) is 10.5. The summed E-state index contributed by atoms with van der Waals surface area (Å²) >= 11 is 6.43. The van der Waals surface area contributed by atoms with E-state index in [1.54, 1.807) is 0 Å². The molecule has 2 aromatic rings. The fourth-order valence-electron chi connectivity index (χ4n) is 1.81. The predicted molar refractivity (Wildman–Crippen MR) is 71.7 cm³/mol. The lowest BCUT2D eigenvalue weighted by molar-refractivity contribution is 0.474. The predicted octanol–water partition coefficient (Wildman–Crippen LogP) is 4.79. The highest BCUT2D eigenvalue weighted by molar-refractivity contribution is 6.22. The number of hydrogen-bond acceptors (Lipinski definition) is 1. The van der Waals surface area contributed by atoms with Crippen LogP contribution in [0.5, 0.6) is 0 Å². The van der Waals surface area contributed by atoms with Crippen LogP contribution in [0.25, 0.3) is 0 Å². The van der Waals surface area contributed by atoms with Crippen molar-refractivity contribution in [3.05, 3.63) is 58.5 Å². The van der Waals surface area contributed by atoms with Crippen LogP contribution in [0.4, 0.5) is 0 Å². The van der Waals surface area contributed by atoms with Crippen molar-refractivity contribution in [1.29, 1.82) is 0 Å². The number of benzene rings is 1. The maximum Gasteiger partial charge on any atom is 0.126 e. The zero-order chi connectivity index (χ0) is 12.4. The topological polar surface area (TPSA) is 13.1 Å². The molecule has 2 rings (SSSR count). The minimum absolute atomic E-state index is 0.199. The van der Waals surface area contributed by atoms with E-state index in [9.17, 15) is 0 Å². The largest absolute Gasteiger partial charge is 0.464 e. The molecule has 1 aromatic heterocycles. The van der Waals surface area contributed by atoms with E-state index in [-0.39, 0.29) is 5.38 Å². The lowest BCUT2D eigenvalue weighted by atomic mass is 10.0. The molecule has 1 heterocycles. The van der Waals surface area contributed by atoms with Gasteiger partial charge in [-0.15, -0.1) is 11.6 Å². The average Bonchev–Trinajstić information content (AvgIpc) is 2.80. The molecule has 0 spiro atoms. The van der Waals surface area contributed by atoms with Gasteiger partial charge in [-0.2, -0.15) is 0 Å². The summed E-state index contributed by atoms with van der Waals surface area (Å²) in [4.78, 5) is 0. The van der Waals surface area contributed by atoms with E-state index in [0.29, 0.717) is 0 Å². The molecule has 0 amide bonds. The Morgan fingerprint density at radius 1 is 1.12 bits per heavy atom. The maximum atomic E-state index is 6.43. The van der Waals surface area contributed by atoms with Gasteiger partial charge in [-0.25, -0.2) is 0 Å². The Labute approximate surface area is 107 Å². The molecule has 0 fully saturated rings. The number of alkyl halides is 1. The smallest absolute Gasteiger partial charge is 0.126 e. The van der Waals surface area contributed by atoms with Gasteiger partial charge in [-0.05, 0) is 42.7 Å². The summed E-state index contributed by atoms with van der Waals surface area (Å²) in [6, 6.07) is 10.2. The maximum absolute atomic E-state index is 6.43. The molecule has 0 bridgehead atoms. The quantitative estimate of drug-likeness (QED) is 0.712. The van der Waals surface area contributed by atoms with Gasteiger partial charge >= 0.3 is 0 Å². The molecular formula is C15H17ClO. The van der Waals surface area contributed by atoms with Crippen LogP contribution >= 0.6 is 11.6 Å². The molecule has 1 aromatic carbocycles. The molecule has 0 aliphatic rings. The number of halogens is 1. The third-order valence-electron chi connectivity index (χ3n) is 3.10. The molecule has 2 heteroatoms. The first-order chi connectivity index (χ1) is 8.11. The molecule has 0 saturated carbocycles. The molecule has 0 N–H and O–H groups in total. The summed E-state index contributed by atoms with van der Waals surface area (Å²) in [5, 5.41) is -0.199. The Balaban J connectivity index is 2.29. The molecule has 17 heavy (non-hydrogen) atoms. The first-order valence-corrected chi connectivity index (χ1v) is 6.35. The van der Waals surface area contributed by atoms with Crippen molar-refractivity contribution in [2.24, 2.45) is 0 Å². The minimum Gasteiger partial charge on any atom is -0.464 e. The van der Waals surface area contributed by atoms with Gasteiger partial charge in [0.15, 0.2) is 0 Å². The highest BCUT2D eigenvalue weighted by Crippen LogP contribution is 2.31. The van der Waals surface area contributed by atoms with Gasteiger partial charge in [0.05, 0.1) is 0 Å². The first-order valence-electron chi connectivity index (χ1n) is 5.91. The van der Waals surface area contributed by atoms with Crippen LogP contribution < -0.4 is 0 Å². The minimum atomic E-state index is -0.199. The molecule has 0 aliphatic carbocycles. The van der Waals surface area contributed by atoms with E-state index in [4.69, 9.17) is 16.0 Å². The summed E-state index contributed by atoms with van der Waals surface area (Å²) in [6.45, 7) is 6.27. The fourth-order valence-corrected chi connectivity index (χ4v) is 2.06. The van der Waals surface area contributed by atoms with Gasteiger partial charge in [-0.3, -0.25) is 0 Å². The van der Waals surface area contributed by atoms with Crippen molar-refractivity contribution >= 4 is 11.6 Å². The third-order valence-corrected chi connectivity index (χ3v) is 3.57. The van der Waals surface area contributed by atoms with Gasteiger partial charge < -0.3 is 4.42 Å². The van der Waals surface area contributed by atoms with Crippen LogP contribution in [0, 0.1) is 13.8 Å². The molecule has 90 valence electrons. The fraction of sp³-hybridized carbons (Fsp3) is 0.333.